The topological polar surface area (TPSA) is 50.4 Å². The first-order chi connectivity index (χ1) is 11.8. The van der Waals surface area contributed by atoms with Gasteiger partial charge in [-0.1, -0.05) is 17.7 Å². The van der Waals surface area contributed by atoms with Crippen molar-refractivity contribution in [1.82, 2.24) is 0 Å². The zero-order valence-corrected chi connectivity index (χ0v) is 15.8. The number of hydrogen-bond acceptors (Lipinski definition) is 3. The van der Waals surface area contributed by atoms with E-state index in [-0.39, 0.29) is 12.0 Å². The predicted octanol–water partition coefficient (Wildman–Crippen LogP) is 4.84. The average molecular weight is 340 g/mol. The van der Waals surface area contributed by atoms with Crippen LogP contribution in [0, 0.1) is 20.8 Å². The highest BCUT2D eigenvalue weighted by atomic mass is 16.5. The van der Waals surface area contributed by atoms with E-state index in [1.165, 1.54) is 5.56 Å². The number of aryl methyl sites for hydroxylation is 3. The van der Waals surface area contributed by atoms with Crippen molar-refractivity contribution in [2.24, 2.45) is 0 Å². The van der Waals surface area contributed by atoms with Gasteiger partial charge in [-0.2, -0.15) is 0 Å². The first-order valence-corrected chi connectivity index (χ1v) is 8.73. The Morgan fingerprint density at radius 1 is 1.04 bits per heavy atom. The molecule has 0 aliphatic heterocycles. The van der Waals surface area contributed by atoms with Crippen LogP contribution in [0.3, 0.4) is 0 Å². The van der Waals surface area contributed by atoms with E-state index in [0.717, 1.165) is 28.3 Å². The second-order valence-corrected chi connectivity index (χ2v) is 6.69. The molecule has 0 fully saturated rings. The minimum atomic E-state index is 0.0160. The van der Waals surface area contributed by atoms with Crippen molar-refractivity contribution in [1.29, 1.82) is 0 Å². The van der Waals surface area contributed by atoms with Gasteiger partial charge in [-0.15, -0.1) is 0 Å². The van der Waals surface area contributed by atoms with E-state index >= 15 is 0 Å². The minimum Gasteiger partial charge on any atom is -0.491 e. The minimum absolute atomic E-state index is 0.0160. The molecule has 0 saturated carbocycles. The molecule has 0 bridgehead atoms. The Morgan fingerprint density at radius 2 is 1.64 bits per heavy atom. The molecule has 2 rings (SSSR count). The predicted molar refractivity (Wildman–Crippen MR) is 105 cm³/mol. The van der Waals surface area contributed by atoms with Crippen LogP contribution in [0.25, 0.3) is 0 Å². The van der Waals surface area contributed by atoms with Gasteiger partial charge in [0, 0.05) is 24.3 Å². The highest BCUT2D eigenvalue weighted by molar-refractivity contribution is 5.92. The molecule has 2 N–H and O–H groups in total. The van der Waals surface area contributed by atoms with Crippen LogP contribution < -0.4 is 15.4 Å². The van der Waals surface area contributed by atoms with Gasteiger partial charge in [0.2, 0.25) is 5.91 Å². The molecule has 0 aliphatic carbocycles. The molecule has 0 radical (unpaired) electrons. The van der Waals surface area contributed by atoms with E-state index in [4.69, 9.17) is 4.74 Å². The summed E-state index contributed by atoms with van der Waals surface area (Å²) in [6, 6.07) is 12.0. The van der Waals surface area contributed by atoms with E-state index in [1.54, 1.807) is 0 Å². The summed E-state index contributed by atoms with van der Waals surface area (Å²) >= 11 is 0. The van der Waals surface area contributed by atoms with Crippen molar-refractivity contribution in [3.8, 4) is 5.75 Å². The van der Waals surface area contributed by atoms with Gasteiger partial charge >= 0.3 is 0 Å². The molecule has 4 nitrogen and oxygen atoms in total. The Hall–Kier alpha value is -2.49. The van der Waals surface area contributed by atoms with Crippen molar-refractivity contribution in [2.45, 2.75) is 47.1 Å². The van der Waals surface area contributed by atoms with Crippen LogP contribution in [0.15, 0.2) is 36.4 Å². The normalized spacial score (nSPS) is 10.6. The number of nitrogens with one attached hydrogen (secondary N) is 2. The van der Waals surface area contributed by atoms with E-state index in [0.29, 0.717) is 13.0 Å². The van der Waals surface area contributed by atoms with Gasteiger partial charge in [0.15, 0.2) is 0 Å². The number of hydrogen-bond donors (Lipinski definition) is 2. The molecule has 2 aromatic rings. The summed E-state index contributed by atoms with van der Waals surface area (Å²) in [4.78, 5) is 12.2. The molecule has 0 aromatic heterocycles. The van der Waals surface area contributed by atoms with Crippen LogP contribution >= 0.6 is 0 Å². The summed E-state index contributed by atoms with van der Waals surface area (Å²) < 4.78 is 5.62. The molecule has 4 heteroatoms. The van der Waals surface area contributed by atoms with Crippen LogP contribution in [0.4, 0.5) is 11.4 Å². The second kappa shape index (κ2) is 8.56. The summed E-state index contributed by atoms with van der Waals surface area (Å²) in [5.74, 6) is 0.867. The maximum absolute atomic E-state index is 12.2. The fourth-order valence-corrected chi connectivity index (χ4v) is 2.82. The fourth-order valence-electron chi connectivity index (χ4n) is 2.82. The molecule has 2 aromatic carbocycles. The number of anilines is 2. The third-order valence-corrected chi connectivity index (χ3v) is 3.85. The third-order valence-electron chi connectivity index (χ3n) is 3.85. The highest BCUT2D eigenvalue weighted by Crippen LogP contribution is 2.22. The quantitative estimate of drug-likeness (QED) is 0.758. The van der Waals surface area contributed by atoms with Crippen LogP contribution in [0.2, 0.25) is 0 Å². The lowest BCUT2D eigenvalue weighted by molar-refractivity contribution is -0.115. The van der Waals surface area contributed by atoms with Gasteiger partial charge < -0.3 is 15.4 Å². The zero-order chi connectivity index (χ0) is 18.4. The van der Waals surface area contributed by atoms with Gasteiger partial charge in [0.25, 0.3) is 0 Å². The number of carbonyl (C=O) groups excluding carboxylic acids is 1. The number of ether oxygens (including phenoxy) is 1. The van der Waals surface area contributed by atoms with E-state index in [2.05, 4.69) is 29.7 Å². The summed E-state index contributed by atoms with van der Waals surface area (Å²) in [6.45, 7) is 10.7. The molecule has 0 spiro atoms. The van der Waals surface area contributed by atoms with Crippen LogP contribution in [0.1, 0.15) is 37.0 Å². The second-order valence-electron chi connectivity index (χ2n) is 6.69. The molecule has 0 unspecified atom stereocenters. The molecule has 0 atom stereocenters. The van der Waals surface area contributed by atoms with E-state index in [1.807, 2.05) is 52.0 Å². The van der Waals surface area contributed by atoms with Gasteiger partial charge in [0.1, 0.15) is 5.75 Å². The molecule has 0 heterocycles. The average Bonchev–Trinajstić information content (AvgIpc) is 2.52. The Kier molecular flexibility index (Phi) is 6.45. The Balaban J connectivity index is 1.83. The highest BCUT2D eigenvalue weighted by Gasteiger charge is 2.08. The Bertz CT molecular complexity index is 698. The van der Waals surface area contributed by atoms with E-state index < -0.39 is 0 Å². The molecular formula is C21H28N2O2. The van der Waals surface area contributed by atoms with Crippen molar-refractivity contribution in [3.63, 3.8) is 0 Å². The van der Waals surface area contributed by atoms with E-state index in [9.17, 15) is 4.79 Å². The lowest BCUT2D eigenvalue weighted by atomic mass is 10.1. The number of benzene rings is 2. The number of rotatable bonds is 7. The van der Waals surface area contributed by atoms with Crippen LogP contribution in [0.5, 0.6) is 5.75 Å². The smallest absolute Gasteiger partial charge is 0.226 e. The van der Waals surface area contributed by atoms with Crippen molar-refractivity contribution >= 4 is 17.3 Å². The van der Waals surface area contributed by atoms with Crippen molar-refractivity contribution in [3.05, 3.63) is 53.1 Å². The maximum atomic E-state index is 12.2. The summed E-state index contributed by atoms with van der Waals surface area (Å²) in [7, 11) is 0. The first-order valence-electron chi connectivity index (χ1n) is 8.73. The third kappa shape index (κ3) is 5.82. The zero-order valence-electron chi connectivity index (χ0n) is 15.8. The van der Waals surface area contributed by atoms with Crippen LogP contribution in [-0.4, -0.2) is 18.6 Å². The summed E-state index contributed by atoms with van der Waals surface area (Å²) in [5.41, 5.74) is 5.30. The molecule has 134 valence electrons. The lowest BCUT2D eigenvalue weighted by Gasteiger charge is -2.13. The first kappa shape index (κ1) is 18.8. The largest absolute Gasteiger partial charge is 0.491 e. The van der Waals surface area contributed by atoms with Crippen molar-refractivity contribution < 1.29 is 9.53 Å². The SMILES string of the molecule is Cc1cc(C)c(NC(=O)CCNc2ccc(OC(C)C)cc2)c(C)c1. The Labute approximate surface area is 150 Å². The molecule has 0 aliphatic rings. The molecular weight excluding hydrogens is 312 g/mol. The molecule has 25 heavy (non-hydrogen) atoms. The standard InChI is InChI=1S/C21H28N2O2/c1-14(2)25-19-8-6-18(7-9-19)22-11-10-20(24)23-21-16(4)12-15(3)13-17(21)5/h6-9,12-14,22H,10-11H2,1-5H3,(H,23,24). The lowest BCUT2D eigenvalue weighted by Crippen LogP contribution is -2.17. The fraction of sp³-hybridized carbons (Fsp3) is 0.381. The van der Waals surface area contributed by atoms with Crippen molar-refractivity contribution in [2.75, 3.05) is 17.2 Å². The van der Waals surface area contributed by atoms with Crippen LogP contribution in [-0.2, 0) is 4.79 Å². The molecule has 1 amide bonds. The van der Waals surface area contributed by atoms with Gasteiger partial charge in [-0.25, -0.2) is 0 Å². The van der Waals surface area contributed by atoms with Gasteiger partial charge in [-0.3, -0.25) is 4.79 Å². The Morgan fingerprint density at radius 3 is 2.20 bits per heavy atom. The molecule has 0 saturated heterocycles. The summed E-state index contributed by atoms with van der Waals surface area (Å²) in [6.07, 6.45) is 0.577. The number of carbonyl (C=O) groups is 1. The maximum Gasteiger partial charge on any atom is 0.226 e. The summed E-state index contributed by atoms with van der Waals surface area (Å²) in [5, 5.41) is 6.29. The monoisotopic (exact) mass is 340 g/mol. The number of amides is 1. The van der Waals surface area contributed by atoms with Gasteiger partial charge in [-0.05, 0) is 70.0 Å². The van der Waals surface area contributed by atoms with Gasteiger partial charge in [0.05, 0.1) is 6.10 Å².